The standard InChI is InChI=1S/C53H61N7O9/c1-68-49(64)23-16-37-12-17-40(18-13-37)41-19-14-38(15-20-41)32-45-51(66)57-35-43-11-6-5-10-42(43)33-47(62)58-44(50(65)56-28-31-69-30-26-54)24-27-55-46(61)21-22-48(63)60-29-7-25-53(36-60,52(67)59-45)34-39-8-3-2-4-9-39/h2-6,8-23,44-45H,7,24-36,54H2,1H3,(H,55,61)(H,56,65)(H,57,66)(H,58,62)(H,59,67)/b22-21+,23-16+/t44-,45-,53-/m0/s1. The lowest BCUT2D eigenvalue weighted by atomic mass is 9.74. The molecular formula is C53H61N7O9. The summed E-state index contributed by atoms with van der Waals surface area (Å²) >= 11 is 0. The zero-order chi connectivity index (χ0) is 49.0. The number of amides is 6. The van der Waals surface area contributed by atoms with E-state index in [1.54, 1.807) is 35.2 Å². The largest absolute Gasteiger partial charge is 0.466 e. The van der Waals surface area contributed by atoms with Gasteiger partial charge in [0, 0.05) is 63.9 Å². The Hall–Kier alpha value is -7.43. The fraction of sp³-hybridized carbons (Fsp3) is 0.340. The summed E-state index contributed by atoms with van der Waals surface area (Å²) < 4.78 is 10.1. The van der Waals surface area contributed by atoms with Gasteiger partial charge in [0.1, 0.15) is 12.1 Å². The fourth-order valence-corrected chi connectivity index (χ4v) is 8.43. The number of carbonyl (C=O) groups is 7. The Morgan fingerprint density at radius 1 is 0.826 bits per heavy atom. The smallest absolute Gasteiger partial charge is 0.330 e. The van der Waals surface area contributed by atoms with Gasteiger partial charge in [-0.05, 0) is 70.7 Å². The first-order valence-electron chi connectivity index (χ1n) is 23.2. The fourth-order valence-electron chi connectivity index (χ4n) is 8.43. The van der Waals surface area contributed by atoms with Crippen molar-refractivity contribution < 1.29 is 43.0 Å². The second-order valence-electron chi connectivity index (χ2n) is 17.1. The van der Waals surface area contributed by atoms with Crippen molar-refractivity contribution in [3.05, 3.63) is 149 Å². The maximum Gasteiger partial charge on any atom is 0.330 e. The first-order chi connectivity index (χ1) is 33.4. The molecule has 0 unspecified atom stereocenters. The van der Waals surface area contributed by atoms with Gasteiger partial charge in [-0.25, -0.2) is 4.79 Å². The molecule has 0 aromatic heterocycles. The molecule has 2 heterocycles. The molecule has 16 nitrogen and oxygen atoms in total. The van der Waals surface area contributed by atoms with Crippen LogP contribution >= 0.6 is 0 Å². The van der Waals surface area contributed by atoms with Gasteiger partial charge in [-0.15, -0.1) is 0 Å². The van der Waals surface area contributed by atoms with E-state index in [9.17, 15) is 33.6 Å². The minimum atomic E-state index is -1.13. The highest BCUT2D eigenvalue weighted by molar-refractivity contribution is 5.97. The van der Waals surface area contributed by atoms with E-state index in [2.05, 4.69) is 31.3 Å². The molecule has 0 spiro atoms. The summed E-state index contributed by atoms with van der Waals surface area (Å²) in [5.41, 5.74) is 9.97. The summed E-state index contributed by atoms with van der Waals surface area (Å²) in [6.45, 7) is 1.47. The number of nitrogens with zero attached hydrogens (tertiary/aromatic N) is 1. The highest BCUT2D eigenvalue weighted by Gasteiger charge is 2.44. The van der Waals surface area contributed by atoms with Crippen LogP contribution in [0.2, 0.25) is 0 Å². The molecule has 0 radical (unpaired) electrons. The number of nitrogens with two attached hydrogens (primary N) is 1. The number of esters is 1. The summed E-state index contributed by atoms with van der Waals surface area (Å²) in [7, 11) is 1.32. The van der Waals surface area contributed by atoms with Crippen LogP contribution in [0.1, 0.15) is 47.1 Å². The van der Waals surface area contributed by atoms with Gasteiger partial charge in [-0.1, -0.05) is 103 Å². The highest BCUT2D eigenvalue weighted by atomic mass is 16.5. The zero-order valence-corrected chi connectivity index (χ0v) is 38.9. The number of hydrogen-bond donors (Lipinski definition) is 6. The van der Waals surface area contributed by atoms with E-state index in [0.29, 0.717) is 50.1 Å². The summed E-state index contributed by atoms with van der Waals surface area (Å²) in [5.74, 6) is -3.25. The lowest BCUT2D eigenvalue weighted by Gasteiger charge is -2.42. The Morgan fingerprint density at radius 3 is 2.26 bits per heavy atom. The average molecular weight is 940 g/mol. The monoisotopic (exact) mass is 939 g/mol. The third kappa shape index (κ3) is 15.3. The van der Waals surface area contributed by atoms with Gasteiger partial charge in [0.15, 0.2) is 0 Å². The second-order valence-corrected chi connectivity index (χ2v) is 17.1. The molecule has 69 heavy (non-hydrogen) atoms. The van der Waals surface area contributed by atoms with Crippen LogP contribution < -0.4 is 32.3 Å². The summed E-state index contributed by atoms with van der Waals surface area (Å²) in [6.07, 6.45) is 6.58. The van der Waals surface area contributed by atoms with Crippen LogP contribution in [-0.4, -0.2) is 111 Å². The molecule has 362 valence electrons. The molecule has 0 saturated carbocycles. The number of hydrogen-bond acceptors (Lipinski definition) is 10. The minimum absolute atomic E-state index is 0.00403. The molecule has 2 aliphatic heterocycles. The number of methoxy groups -OCH3 is 1. The van der Waals surface area contributed by atoms with E-state index in [4.69, 9.17) is 10.5 Å². The molecule has 4 aromatic rings. The van der Waals surface area contributed by atoms with Gasteiger partial charge in [0.2, 0.25) is 35.4 Å². The van der Waals surface area contributed by atoms with Gasteiger partial charge >= 0.3 is 5.97 Å². The van der Waals surface area contributed by atoms with Crippen LogP contribution in [0.15, 0.2) is 121 Å². The number of benzene rings is 4. The molecule has 6 amide bonds. The van der Waals surface area contributed by atoms with E-state index in [1.807, 2.05) is 78.9 Å². The number of ether oxygens (including phenoxy) is 2. The van der Waals surface area contributed by atoms with Crippen molar-refractivity contribution >= 4 is 47.5 Å². The summed E-state index contributed by atoms with van der Waals surface area (Å²) in [4.78, 5) is 96.3. The average Bonchev–Trinajstić information content (AvgIpc) is 3.36. The summed E-state index contributed by atoms with van der Waals surface area (Å²) in [6, 6.07) is 29.9. The Morgan fingerprint density at radius 2 is 1.54 bits per heavy atom. The molecule has 6 rings (SSSR count). The maximum atomic E-state index is 15.0. The molecule has 2 aliphatic rings. The molecular weight excluding hydrogens is 879 g/mol. The van der Waals surface area contributed by atoms with E-state index >= 15 is 0 Å². The SMILES string of the molecule is COC(=O)/C=C/c1ccc(-c2ccc(C[C@@H]3NC(=O)[C@]4(Cc5ccccc5)CCCN(C4)C(=O)/C=C/C(=O)NCC[C@@H](C(=O)NCCOCCN)NC(=O)Cc4ccccc4CNC3=O)cc2)cc1. The number of nitrogens with one attached hydrogen (secondary N) is 5. The molecule has 7 N–H and O–H groups in total. The van der Waals surface area contributed by atoms with E-state index in [0.717, 1.165) is 33.9 Å². The number of carbonyl (C=O) groups excluding carboxylic acids is 7. The van der Waals surface area contributed by atoms with E-state index in [1.165, 1.54) is 19.3 Å². The maximum absolute atomic E-state index is 15.0. The highest BCUT2D eigenvalue weighted by Crippen LogP contribution is 2.35. The molecule has 4 aromatic carbocycles. The molecule has 1 fully saturated rings. The molecule has 0 aliphatic carbocycles. The summed E-state index contributed by atoms with van der Waals surface area (Å²) in [5, 5.41) is 14.4. The van der Waals surface area contributed by atoms with Gasteiger partial charge in [0.05, 0.1) is 32.2 Å². The molecule has 1 saturated heterocycles. The van der Waals surface area contributed by atoms with E-state index in [-0.39, 0.29) is 58.0 Å². The van der Waals surface area contributed by atoms with Crippen LogP contribution in [0.5, 0.6) is 0 Å². The minimum Gasteiger partial charge on any atom is -0.466 e. The number of rotatable bonds is 13. The second kappa shape index (κ2) is 25.6. The van der Waals surface area contributed by atoms with Crippen molar-refractivity contribution in [2.45, 2.75) is 57.2 Å². The lowest BCUT2D eigenvalue weighted by molar-refractivity contribution is -0.141. The first-order valence-corrected chi connectivity index (χ1v) is 23.2. The van der Waals surface area contributed by atoms with Gasteiger partial charge in [-0.3, -0.25) is 28.8 Å². The third-order valence-electron chi connectivity index (χ3n) is 12.1. The molecule has 2 bridgehead atoms. The Balaban J connectivity index is 1.29. The quantitative estimate of drug-likeness (QED) is 0.0653. The van der Waals surface area contributed by atoms with Crippen molar-refractivity contribution in [2.75, 3.05) is 53.0 Å². The van der Waals surface area contributed by atoms with Crippen molar-refractivity contribution in [3.63, 3.8) is 0 Å². The topological polar surface area (TPSA) is 227 Å². The van der Waals surface area contributed by atoms with Gasteiger partial charge in [0.25, 0.3) is 0 Å². The normalized spacial score (nSPS) is 20.2. The lowest BCUT2D eigenvalue weighted by Crippen LogP contribution is -2.58. The van der Waals surface area contributed by atoms with Crippen LogP contribution in [0.4, 0.5) is 0 Å². The van der Waals surface area contributed by atoms with Crippen LogP contribution in [0, 0.1) is 5.41 Å². The van der Waals surface area contributed by atoms with Crippen LogP contribution in [0.25, 0.3) is 17.2 Å². The van der Waals surface area contributed by atoms with Crippen molar-refractivity contribution in [2.24, 2.45) is 11.1 Å². The Bertz CT molecular complexity index is 2480. The third-order valence-corrected chi connectivity index (χ3v) is 12.1. The predicted molar refractivity (Wildman–Crippen MR) is 261 cm³/mol. The van der Waals surface area contributed by atoms with Crippen molar-refractivity contribution in [3.8, 4) is 11.1 Å². The van der Waals surface area contributed by atoms with Crippen LogP contribution in [0.3, 0.4) is 0 Å². The van der Waals surface area contributed by atoms with Gasteiger partial charge in [-0.2, -0.15) is 0 Å². The Labute approximate surface area is 402 Å². The predicted octanol–water partition coefficient (Wildman–Crippen LogP) is 2.93. The first kappa shape index (κ1) is 51.0. The van der Waals surface area contributed by atoms with Gasteiger partial charge < -0.3 is 46.7 Å². The number of fused-ring (bicyclic) bond motifs is 3. The van der Waals surface area contributed by atoms with Crippen molar-refractivity contribution in [1.82, 2.24) is 31.5 Å². The Kier molecular flexibility index (Phi) is 18.9. The zero-order valence-electron chi connectivity index (χ0n) is 38.9. The molecule has 16 heteroatoms. The van der Waals surface area contributed by atoms with E-state index < -0.39 is 53.0 Å². The molecule has 3 atom stereocenters. The van der Waals surface area contributed by atoms with Crippen LogP contribution in [-0.2, 0) is 68.8 Å². The van der Waals surface area contributed by atoms with Crippen molar-refractivity contribution in [1.29, 1.82) is 0 Å². The number of piperidine rings is 1.